The summed E-state index contributed by atoms with van der Waals surface area (Å²) in [5.74, 6) is 1.76. The molecule has 1 aromatic carbocycles. The number of benzene rings is 1. The molecule has 0 fully saturated rings. The summed E-state index contributed by atoms with van der Waals surface area (Å²) in [6, 6.07) is 6.54. The third-order valence-electron chi connectivity index (χ3n) is 3.31. The highest BCUT2D eigenvalue weighted by Crippen LogP contribution is 2.25. The number of hydrogen-bond acceptors (Lipinski definition) is 2. The first-order valence-electron chi connectivity index (χ1n) is 6.62. The predicted molar refractivity (Wildman–Crippen MR) is 76.7 cm³/mol. The lowest BCUT2D eigenvalue weighted by atomic mass is 9.96. The molecule has 0 aromatic heterocycles. The molecule has 1 aliphatic heterocycles. The van der Waals surface area contributed by atoms with Crippen molar-refractivity contribution in [3.8, 4) is 5.75 Å². The zero-order valence-corrected chi connectivity index (χ0v) is 12.0. The Balaban J connectivity index is 1.77. The van der Waals surface area contributed by atoms with Gasteiger partial charge in [-0.2, -0.15) is 0 Å². The Kier molecular flexibility index (Phi) is 4.52. The summed E-state index contributed by atoms with van der Waals surface area (Å²) in [7, 11) is 0. The largest absolute Gasteiger partial charge is 0.493 e. The fraction of sp³-hybridized carbons (Fsp3) is 0.600. The maximum Gasteiger partial charge on any atom is 0.122 e. The van der Waals surface area contributed by atoms with Crippen molar-refractivity contribution in [3.63, 3.8) is 0 Å². The Morgan fingerprint density at radius 2 is 2.22 bits per heavy atom. The summed E-state index contributed by atoms with van der Waals surface area (Å²) >= 11 is 5.90. The summed E-state index contributed by atoms with van der Waals surface area (Å²) in [4.78, 5) is 0. The van der Waals surface area contributed by atoms with Gasteiger partial charge in [-0.15, -0.1) is 11.6 Å². The van der Waals surface area contributed by atoms with Crippen molar-refractivity contribution in [2.45, 2.75) is 26.7 Å². The van der Waals surface area contributed by atoms with Crippen LogP contribution in [0.3, 0.4) is 0 Å². The number of fused-ring (bicyclic) bond motifs is 1. The normalized spacial score (nSPS) is 14.4. The Hall–Kier alpha value is -0.730. The van der Waals surface area contributed by atoms with Gasteiger partial charge in [-0.3, -0.25) is 0 Å². The van der Waals surface area contributed by atoms with E-state index >= 15 is 0 Å². The third kappa shape index (κ3) is 3.63. The number of hydrogen-bond donors (Lipinski definition) is 1. The van der Waals surface area contributed by atoms with Gasteiger partial charge in [-0.25, -0.2) is 0 Å². The van der Waals surface area contributed by atoms with E-state index in [0.29, 0.717) is 5.88 Å². The maximum atomic E-state index is 5.90. The van der Waals surface area contributed by atoms with Gasteiger partial charge in [0, 0.05) is 18.8 Å². The minimum atomic E-state index is 0.174. The van der Waals surface area contributed by atoms with Crippen LogP contribution in [0.2, 0.25) is 0 Å². The summed E-state index contributed by atoms with van der Waals surface area (Å²) in [6.45, 7) is 7.16. The fourth-order valence-electron chi connectivity index (χ4n) is 2.10. The van der Waals surface area contributed by atoms with Crippen molar-refractivity contribution in [3.05, 3.63) is 29.3 Å². The lowest BCUT2D eigenvalue weighted by Crippen LogP contribution is -2.31. The quantitative estimate of drug-likeness (QED) is 0.632. The molecule has 1 N–H and O–H groups in total. The minimum absolute atomic E-state index is 0.174. The van der Waals surface area contributed by atoms with Gasteiger partial charge < -0.3 is 10.1 Å². The summed E-state index contributed by atoms with van der Waals surface area (Å²) in [6.07, 6.45) is 2.11. The van der Waals surface area contributed by atoms with Crippen molar-refractivity contribution < 1.29 is 4.74 Å². The number of rotatable bonds is 6. The lowest BCUT2D eigenvalue weighted by Gasteiger charge is -2.21. The van der Waals surface area contributed by atoms with Gasteiger partial charge in [-0.05, 0) is 35.6 Å². The van der Waals surface area contributed by atoms with Gasteiger partial charge in [-0.1, -0.05) is 26.0 Å². The molecule has 0 radical (unpaired) electrons. The molecule has 18 heavy (non-hydrogen) atoms. The van der Waals surface area contributed by atoms with Crippen LogP contribution in [0.1, 0.15) is 25.0 Å². The second-order valence-corrected chi connectivity index (χ2v) is 6.03. The van der Waals surface area contributed by atoms with Gasteiger partial charge in [0.2, 0.25) is 0 Å². The van der Waals surface area contributed by atoms with Gasteiger partial charge in [0.1, 0.15) is 5.75 Å². The molecule has 0 saturated carbocycles. The van der Waals surface area contributed by atoms with Crippen LogP contribution >= 0.6 is 11.6 Å². The van der Waals surface area contributed by atoms with Crippen molar-refractivity contribution in [1.82, 2.24) is 5.32 Å². The van der Waals surface area contributed by atoms with E-state index in [1.807, 2.05) is 0 Å². The molecule has 0 amide bonds. The molecule has 1 aliphatic rings. The molecule has 2 nitrogen and oxygen atoms in total. The predicted octanol–water partition coefficient (Wildman–Crippen LogP) is 3.02. The van der Waals surface area contributed by atoms with E-state index in [1.165, 1.54) is 11.1 Å². The SMILES string of the molecule is CC(C)(CCl)CNCCc1ccc2c(c1)CCO2. The molecule has 0 bridgehead atoms. The third-order valence-corrected chi connectivity index (χ3v) is 4.03. The molecule has 0 spiro atoms. The molecule has 1 heterocycles. The van der Waals surface area contributed by atoms with Crippen molar-refractivity contribution in [2.24, 2.45) is 5.41 Å². The molecular weight excluding hydrogens is 246 g/mol. The summed E-state index contributed by atoms with van der Waals surface area (Å²) in [5.41, 5.74) is 2.91. The number of alkyl halides is 1. The standard InChI is InChI=1S/C15H22ClNO/c1-15(2,10-16)11-17-7-5-12-3-4-14-13(9-12)6-8-18-14/h3-4,9,17H,5-8,10-11H2,1-2H3. The lowest BCUT2D eigenvalue weighted by molar-refractivity contribution is 0.357. The van der Waals surface area contributed by atoms with E-state index in [9.17, 15) is 0 Å². The van der Waals surface area contributed by atoms with Gasteiger partial charge in [0.15, 0.2) is 0 Å². The van der Waals surface area contributed by atoms with Crippen molar-refractivity contribution in [1.29, 1.82) is 0 Å². The Labute approximate surface area is 115 Å². The molecular formula is C15H22ClNO. The fourth-order valence-corrected chi connectivity index (χ4v) is 2.20. The Bertz CT molecular complexity index is 403. The monoisotopic (exact) mass is 267 g/mol. The molecule has 1 aromatic rings. The van der Waals surface area contributed by atoms with Gasteiger partial charge in [0.05, 0.1) is 6.61 Å². The first-order valence-corrected chi connectivity index (χ1v) is 7.15. The molecule has 0 saturated heterocycles. The van der Waals surface area contributed by atoms with Crippen LogP contribution in [0.25, 0.3) is 0 Å². The van der Waals surface area contributed by atoms with E-state index in [0.717, 1.165) is 38.3 Å². The molecule has 2 rings (SSSR count). The van der Waals surface area contributed by atoms with E-state index in [-0.39, 0.29) is 5.41 Å². The number of nitrogens with one attached hydrogen (secondary N) is 1. The second-order valence-electron chi connectivity index (χ2n) is 5.77. The number of halogens is 1. The number of ether oxygens (including phenoxy) is 1. The van der Waals surface area contributed by atoms with Crippen LogP contribution in [0.4, 0.5) is 0 Å². The highest BCUT2D eigenvalue weighted by atomic mass is 35.5. The van der Waals surface area contributed by atoms with Crippen LogP contribution in [-0.2, 0) is 12.8 Å². The summed E-state index contributed by atoms with van der Waals surface area (Å²) in [5, 5.41) is 3.48. The Morgan fingerprint density at radius 1 is 1.39 bits per heavy atom. The van der Waals surface area contributed by atoms with Crippen LogP contribution in [0.5, 0.6) is 5.75 Å². The average Bonchev–Trinajstić information content (AvgIpc) is 2.82. The molecule has 0 unspecified atom stereocenters. The van der Waals surface area contributed by atoms with Crippen molar-refractivity contribution >= 4 is 11.6 Å². The molecule has 0 aliphatic carbocycles. The second kappa shape index (κ2) is 5.94. The van der Waals surface area contributed by atoms with Crippen LogP contribution < -0.4 is 10.1 Å². The smallest absolute Gasteiger partial charge is 0.122 e. The first kappa shape index (κ1) is 13.7. The average molecular weight is 268 g/mol. The van der Waals surface area contributed by atoms with Crippen LogP contribution in [0.15, 0.2) is 18.2 Å². The minimum Gasteiger partial charge on any atom is -0.493 e. The van der Waals surface area contributed by atoms with Gasteiger partial charge >= 0.3 is 0 Å². The maximum absolute atomic E-state index is 5.90. The summed E-state index contributed by atoms with van der Waals surface area (Å²) < 4.78 is 5.51. The molecule has 0 atom stereocenters. The van der Waals surface area contributed by atoms with E-state index in [2.05, 4.69) is 37.4 Å². The Morgan fingerprint density at radius 3 is 3.00 bits per heavy atom. The van der Waals surface area contributed by atoms with E-state index in [1.54, 1.807) is 0 Å². The first-order chi connectivity index (χ1) is 8.61. The van der Waals surface area contributed by atoms with Crippen LogP contribution in [-0.4, -0.2) is 25.6 Å². The molecule has 100 valence electrons. The molecule has 3 heteroatoms. The highest BCUT2D eigenvalue weighted by molar-refractivity contribution is 6.18. The van der Waals surface area contributed by atoms with Crippen molar-refractivity contribution in [2.75, 3.05) is 25.6 Å². The van der Waals surface area contributed by atoms with Gasteiger partial charge in [0.25, 0.3) is 0 Å². The topological polar surface area (TPSA) is 21.3 Å². The van der Waals surface area contributed by atoms with Crippen LogP contribution in [0, 0.1) is 5.41 Å². The highest BCUT2D eigenvalue weighted by Gasteiger charge is 2.15. The zero-order valence-electron chi connectivity index (χ0n) is 11.3. The van der Waals surface area contributed by atoms with E-state index < -0.39 is 0 Å². The zero-order chi connectivity index (χ0) is 13.0. The van der Waals surface area contributed by atoms with E-state index in [4.69, 9.17) is 16.3 Å².